The number of benzene rings is 1. The molecule has 0 bridgehead atoms. The summed E-state index contributed by atoms with van der Waals surface area (Å²) in [5.74, 6) is 0.254. The van der Waals surface area contributed by atoms with Gasteiger partial charge in [0.25, 0.3) is 0 Å². The number of hydrogen-bond acceptors (Lipinski definition) is 3. The van der Waals surface area contributed by atoms with E-state index in [1.54, 1.807) is 10.9 Å². The molecule has 16 heavy (non-hydrogen) atoms. The van der Waals surface area contributed by atoms with E-state index in [4.69, 9.17) is 0 Å². The Hall–Kier alpha value is -1.97. The summed E-state index contributed by atoms with van der Waals surface area (Å²) in [6.07, 6.45) is 3.23. The number of carbonyl (C=O) groups excluding carboxylic acids is 1. The Kier molecular flexibility index (Phi) is 1.89. The summed E-state index contributed by atoms with van der Waals surface area (Å²) < 4.78 is 1.73. The van der Waals surface area contributed by atoms with Crippen LogP contribution in [0.3, 0.4) is 0 Å². The van der Waals surface area contributed by atoms with E-state index in [-0.39, 0.29) is 5.78 Å². The maximum atomic E-state index is 11.5. The molecule has 3 rings (SSSR count). The highest BCUT2D eigenvalue weighted by Crippen LogP contribution is 2.27. The van der Waals surface area contributed by atoms with Crippen molar-refractivity contribution in [3.05, 3.63) is 35.5 Å². The van der Waals surface area contributed by atoms with Crippen LogP contribution in [0.4, 0.5) is 0 Å². The van der Waals surface area contributed by atoms with E-state index in [1.165, 1.54) is 0 Å². The van der Waals surface area contributed by atoms with Crippen LogP contribution in [-0.4, -0.2) is 20.8 Å². The molecule has 0 saturated carbocycles. The fraction of sp³-hybridized carbons (Fsp3) is 0.250. The first kappa shape index (κ1) is 9.27. The largest absolute Gasteiger partial charge is 0.294 e. The summed E-state index contributed by atoms with van der Waals surface area (Å²) in [4.78, 5) is 11.5. The number of hydrogen-bond donors (Lipinski definition) is 0. The van der Waals surface area contributed by atoms with Crippen LogP contribution in [0.1, 0.15) is 22.3 Å². The monoisotopic (exact) mass is 213 g/mol. The molecular weight excluding hydrogens is 202 g/mol. The third-order valence-electron chi connectivity index (χ3n) is 3.04. The zero-order chi connectivity index (χ0) is 11.1. The van der Waals surface area contributed by atoms with Gasteiger partial charge in [-0.3, -0.25) is 4.79 Å². The molecule has 0 fully saturated rings. The maximum absolute atomic E-state index is 11.5. The molecule has 0 spiro atoms. The topological polar surface area (TPSA) is 47.8 Å². The lowest BCUT2D eigenvalue weighted by Crippen LogP contribution is -1.95. The smallest absolute Gasteiger partial charge is 0.163 e. The summed E-state index contributed by atoms with van der Waals surface area (Å²) in [5, 5.41) is 7.75. The number of ketones is 1. The molecule has 0 radical (unpaired) electrons. The molecule has 0 amide bonds. The van der Waals surface area contributed by atoms with E-state index in [9.17, 15) is 4.79 Å². The lowest BCUT2D eigenvalue weighted by molar-refractivity contribution is 0.0994. The fourth-order valence-electron chi connectivity index (χ4n) is 2.17. The van der Waals surface area contributed by atoms with E-state index in [0.29, 0.717) is 6.42 Å². The Balaban J connectivity index is 2.12. The SMILES string of the molecule is Cn1nncc1-c1ccc2c(c1)CCC2=O. The predicted molar refractivity (Wildman–Crippen MR) is 59.1 cm³/mol. The Morgan fingerprint density at radius 2 is 2.19 bits per heavy atom. The number of Topliss-reactive ketones (excluding diaryl/α,β-unsaturated/α-hetero) is 1. The van der Waals surface area contributed by atoms with Crippen LogP contribution in [0.25, 0.3) is 11.3 Å². The predicted octanol–water partition coefficient (Wildman–Crippen LogP) is 1.61. The molecule has 1 heterocycles. The molecule has 1 aromatic heterocycles. The van der Waals surface area contributed by atoms with Gasteiger partial charge >= 0.3 is 0 Å². The molecule has 4 nitrogen and oxygen atoms in total. The highest BCUT2D eigenvalue weighted by molar-refractivity contribution is 6.00. The zero-order valence-corrected chi connectivity index (χ0v) is 8.97. The average molecular weight is 213 g/mol. The molecule has 4 heteroatoms. The van der Waals surface area contributed by atoms with E-state index in [2.05, 4.69) is 16.4 Å². The minimum Gasteiger partial charge on any atom is -0.294 e. The molecule has 0 aliphatic heterocycles. The van der Waals surface area contributed by atoms with Crippen LogP contribution in [-0.2, 0) is 13.5 Å². The van der Waals surface area contributed by atoms with Crippen LogP contribution in [0.15, 0.2) is 24.4 Å². The molecule has 0 saturated heterocycles. The fourth-order valence-corrected chi connectivity index (χ4v) is 2.17. The molecule has 0 N–H and O–H groups in total. The van der Waals surface area contributed by atoms with Crippen LogP contribution in [0.5, 0.6) is 0 Å². The van der Waals surface area contributed by atoms with Gasteiger partial charge in [0.05, 0.1) is 11.9 Å². The van der Waals surface area contributed by atoms with Gasteiger partial charge in [0, 0.05) is 24.6 Å². The number of carbonyl (C=O) groups is 1. The molecule has 1 aliphatic rings. The van der Waals surface area contributed by atoms with Gasteiger partial charge in [-0.1, -0.05) is 17.3 Å². The van der Waals surface area contributed by atoms with Crippen molar-refractivity contribution in [1.29, 1.82) is 0 Å². The number of aryl methyl sites for hydroxylation is 2. The molecule has 0 unspecified atom stereocenters. The first-order valence-electron chi connectivity index (χ1n) is 5.27. The van der Waals surface area contributed by atoms with Crippen molar-refractivity contribution in [2.24, 2.45) is 7.05 Å². The van der Waals surface area contributed by atoms with Gasteiger partial charge in [-0.25, -0.2) is 4.68 Å². The van der Waals surface area contributed by atoms with Crippen LogP contribution in [0.2, 0.25) is 0 Å². The Morgan fingerprint density at radius 3 is 2.94 bits per heavy atom. The van der Waals surface area contributed by atoms with Crippen LogP contribution in [0, 0.1) is 0 Å². The molecule has 80 valence electrons. The van der Waals surface area contributed by atoms with Gasteiger partial charge in [0.2, 0.25) is 0 Å². The third kappa shape index (κ3) is 1.26. The molecule has 1 aliphatic carbocycles. The second kappa shape index (κ2) is 3.27. The maximum Gasteiger partial charge on any atom is 0.163 e. The Bertz CT molecular complexity index is 571. The average Bonchev–Trinajstić information content (AvgIpc) is 2.86. The summed E-state index contributed by atoms with van der Waals surface area (Å²) in [7, 11) is 1.86. The highest BCUT2D eigenvalue weighted by Gasteiger charge is 2.19. The molecule has 0 atom stereocenters. The normalized spacial score (nSPS) is 14.2. The van der Waals surface area contributed by atoms with Gasteiger partial charge in [-0.05, 0) is 18.1 Å². The van der Waals surface area contributed by atoms with Gasteiger partial charge in [-0.2, -0.15) is 0 Å². The quantitative estimate of drug-likeness (QED) is 0.723. The minimum atomic E-state index is 0.254. The first-order chi connectivity index (χ1) is 7.75. The molecule has 2 aromatic rings. The van der Waals surface area contributed by atoms with E-state index in [1.807, 2.05) is 19.2 Å². The summed E-state index contributed by atoms with van der Waals surface area (Å²) >= 11 is 0. The Labute approximate surface area is 92.9 Å². The second-order valence-electron chi connectivity index (χ2n) is 4.04. The van der Waals surface area contributed by atoms with Gasteiger partial charge in [0.1, 0.15) is 0 Å². The number of aromatic nitrogens is 3. The van der Waals surface area contributed by atoms with Crippen LogP contribution < -0.4 is 0 Å². The minimum absolute atomic E-state index is 0.254. The summed E-state index contributed by atoms with van der Waals surface area (Å²) in [5.41, 5.74) is 4.06. The van der Waals surface area contributed by atoms with Crippen molar-refractivity contribution in [3.8, 4) is 11.3 Å². The summed E-state index contributed by atoms with van der Waals surface area (Å²) in [6, 6.07) is 5.94. The zero-order valence-electron chi connectivity index (χ0n) is 8.97. The number of fused-ring (bicyclic) bond motifs is 1. The number of nitrogens with zero attached hydrogens (tertiary/aromatic N) is 3. The highest BCUT2D eigenvalue weighted by atomic mass is 16.1. The van der Waals surface area contributed by atoms with Crippen molar-refractivity contribution >= 4 is 5.78 Å². The van der Waals surface area contributed by atoms with E-state index >= 15 is 0 Å². The summed E-state index contributed by atoms with van der Waals surface area (Å²) in [6.45, 7) is 0. The molecular formula is C12H11N3O. The standard InChI is InChI=1S/C12H11N3O/c1-15-11(7-13-14-15)9-2-4-10-8(6-9)3-5-12(10)16/h2,4,6-7H,3,5H2,1H3. The van der Waals surface area contributed by atoms with Crippen molar-refractivity contribution in [2.75, 3.05) is 0 Å². The lowest BCUT2D eigenvalue weighted by atomic mass is 10.0. The first-order valence-corrected chi connectivity index (χ1v) is 5.27. The lowest BCUT2D eigenvalue weighted by Gasteiger charge is -2.03. The van der Waals surface area contributed by atoms with Crippen molar-refractivity contribution in [3.63, 3.8) is 0 Å². The van der Waals surface area contributed by atoms with Gasteiger partial charge < -0.3 is 0 Å². The van der Waals surface area contributed by atoms with Crippen molar-refractivity contribution < 1.29 is 4.79 Å². The van der Waals surface area contributed by atoms with Crippen molar-refractivity contribution in [2.45, 2.75) is 12.8 Å². The van der Waals surface area contributed by atoms with Gasteiger partial charge in [0.15, 0.2) is 5.78 Å². The van der Waals surface area contributed by atoms with E-state index < -0.39 is 0 Å². The second-order valence-corrected chi connectivity index (χ2v) is 4.04. The number of rotatable bonds is 1. The van der Waals surface area contributed by atoms with Crippen molar-refractivity contribution in [1.82, 2.24) is 15.0 Å². The molecule has 1 aromatic carbocycles. The Morgan fingerprint density at radius 1 is 1.31 bits per heavy atom. The van der Waals surface area contributed by atoms with E-state index in [0.717, 1.165) is 28.8 Å². The third-order valence-corrected chi connectivity index (χ3v) is 3.04. The van der Waals surface area contributed by atoms with Crippen LogP contribution >= 0.6 is 0 Å². The van der Waals surface area contributed by atoms with Gasteiger partial charge in [-0.15, -0.1) is 5.10 Å².